The Morgan fingerprint density at radius 1 is 0.881 bits per heavy atom. The molecule has 0 bridgehead atoms. The molecule has 0 heterocycles. The first kappa shape index (κ1) is 31.1. The lowest BCUT2D eigenvalue weighted by molar-refractivity contribution is -0.140. The van der Waals surface area contributed by atoms with Crippen LogP contribution in [0.1, 0.15) is 57.9 Å². The van der Waals surface area contributed by atoms with Crippen molar-refractivity contribution in [2.75, 3.05) is 17.5 Å². The van der Waals surface area contributed by atoms with E-state index in [0.717, 1.165) is 42.0 Å². The van der Waals surface area contributed by atoms with Crippen LogP contribution in [0.3, 0.4) is 0 Å². The van der Waals surface area contributed by atoms with Gasteiger partial charge in [0.15, 0.2) is 0 Å². The third-order valence-corrected chi connectivity index (χ3v) is 9.35. The van der Waals surface area contributed by atoms with Crippen molar-refractivity contribution in [3.63, 3.8) is 0 Å². The average Bonchev–Trinajstić information content (AvgIpc) is 3.01. The maximum atomic E-state index is 14.3. The first-order valence-electron chi connectivity index (χ1n) is 14.8. The number of hydrogen-bond acceptors (Lipinski definition) is 5. The van der Waals surface area contributed by atoms with E-state index in [4.69, 9.17) is 4.74 Å². The highest BCUT2D eigenvalue weighted by atomic mass is 32.2. The van der Waals surface area contributed by atoms with Crippen LogP contribution in [0.2, 0.25) is 0 Å². The summed E-state index contributed by atoms with van der Waals surface area (Å²) >= 11 is 0. The summed E-state index contributed by atoms with van der Waals surface area (Å²) in [5, 5.41) is 3.17. The van der Waals surface area contributed by atoms with E-state index in [1.807, 2.05) is 44.2 Å². The number of carbonyl (C=O) groups is 2. The molecule has 9 heteroatoms. The van der Waals surface area contributed by atoms with Crippen molar-refractivity contribution in [1.29, 1.82) is 0 Å². The summed E-state index contributed by atoms with van der Waals surface area (Å²) < 4.78 is 35.0. The lowest BCUT2D eigenvalue weighted by atomic mass is 9.95. The van der Waals surface area contributed by atoms with Gasteiger partial charge in [0.2, 0.25) is 11.8 Å². The third kappa shape index (κ3) is 7.70. The molecule has 1 N–H and O–H groups in total. The smallest absolute Gasteiger partial charge is 0.264 e. The number of amides is 2. The lowest BCUT2D eigenvalue weighted by Gasteiger charge is -2.34. The molecule has 1 atom stereocenters. The van der Waals surface area contributed by atoms with Crippen molar-refractivity contribution >= 4 is 27.5 Å². The quantitative estimate of drug-likeness (QED) is 0.282. The minimum atomic E-state index is -4.17. The van der Waals surface area contributed by atoms with Gasteiger partial charge in [0.25, 0.3) is 10.0 Å². The Morgan fingerprint density at radius 2 is 1.50 bits per heavy atom. The van der Waals surface area contributed by atoms with Crippen LogP contribution in [-0.4, -0.2) is 50.4 Å². The molecule has 0 saturated heterocycles. The Balaban J connectivity index is 1.72. The fourth-order valence-corrected chi connectivity index (χ4v) is 6.86. The number of nitrogens with one attached hydrogen (secondary N) is 1. The van der Waals surface area contributed by atoms with Crippen molar-refractivity contribution < 1.29 is 22.7 Å². The molecule has 1 aliphatic rings. The fraction of sp³-hybridized carbons (Fsp3) is 0.394. The van der Waals surface area contributed by atoms with Crippen molar-refractivity contribution in [3.8, 4) is 5.75 Å². The summed E-state index contributed by atoms with van der Waals surface area (Å²) in [6.45, 7) is 3.68. The van der Waals surface area contributed by atoms with Gasteiger partial charge in [-0.05, 0) is 56.0 Å². The number of carbonyl (C=O) groups excluding carboxylic acids is 2. The average molecular weight is 592 g/mol. The Labute approximate surface area is 249 Å². The SMILES string of the molecule is CCOc1ccccc1N(CC(=O)N(Cc1ccccc1)[C@@H](CC)C(=O)NC1CCCCC1)S(=O)(=O)c1ccccc1. The summed E-state index contributed by atoms with van der Waals surface area (Å²) in [5.74, 6) is -0.333. The highest BCUT2D eigenvalue weighted by Crippen LogP contribution is 2.33. The van der Waals surface area contributed by atoms with Crippen LogP contribution < -0.4 is 14.4 Å². The summed E-state index contributed by atoms with van der Waals surface area (Å²) in [7, 11) is -4.17. The van der Waals surface area contributed by atoms with Crippen LogP contribution in [0.5, 0.6) is 5.75 Å². The molecule has 2 amide bonds. The Bertz CT molecular complexity index is 1410. The van der Waals surface area contributed by atoms with Crippen molar-refractivity contribution in [1.82, 2.24) is 10.2 Å². The zero-order chi connectivity index (χ0) is 30.0. The highest BCUT2D eigenvalue weighted by Gasteiger charge is 2.35. The molecule has 3 aromatic rings. The topological polar surface area (TPSA) is 96.0 Å². The minimum Gasteiger partial charge on any atom is -0.492 e. The number of anilines is 1. The molecule has 4 rings (SSSR count). The van der Waals surface area contributed by atoms with E-state index in [1.165, 1.54) is 17.0 Å². The number of ether oxygens (including phenoxy) is 1. The van der Waals surface area contributed by atoms with E-state index in [0.29, 0.717) is 18.8 Å². The van der Waals surface area contributed by atoms with Gasteiger partial charge in [-0.25, -0.2) is 8.42 Å². The van der Waals surface area contributed by atoms with E-state index in [1.54, 1.807) is 42.5 Å². The Morgan fingerprint density at radius 3 is 2.14 bits per heavy atom. The van der Waals surface area contributed by atoms with Gasteiger partial charge < -0.3 is 15.0 Å². The standard InChI is InChI=1S/C33H41N3O5S/c1-3-29(33(38)34-27-18-10-6-11-19-27)35(24-26-16-8-5-9-17-26)32(37)25-36(30-22-14-15-23-31(30)41-4-2)42(39,40)28-20-12-7-13-21-28/h5,7-9,12-17,20-23,27,29H,3-4,6,10-11,18-19,24-25H2,1-2H3,(H,34,38)/t29-/m0/s1. The van der Waals surface area contributed by atoms with Crippen LogP contribution in [-0.2, 0) is 26.2 Å². The number of nitrogens with zero attached hydrogens (tertiary/aromatic N) is 2. The summed E-state index contributed by atoms with van der Waals surface area (Å²) in [4.78, 5) is 29.5. The van der Waals surface area contributed by atoms with E-state index in [9.17, 15) is 18.0 Å². The number of benzene rings is 3. The Hall–Kier alpha value is -3.85. The number of hydrogen-bond donors (Lipinski definition) is 1. The van der Waals surface area contributed by atoms with E-state index in [-0.39, 0.29) is 29.1 Å². The molecule has 0 aliphatic heterocycles. The number of para-hydroxylation sites is 2. The van der Waals surface area contributed by atoms with Crippen LogP contribution in [0.15, 0.2) is 89.8 Å². The van der Waals surface area contributed by atoms with Gasteiger partial charge in [-0.2, -0.15) is 0 Å². The van der Waals surface area contributed by atoms with Crippen LogP contribution in [0, 0.1) is 0 Å². The predicted molar refractivity (Wildman–Crippen MR) is 165 cm³/mol. The molecular formula is C33H41N3O5S. The molecule has 3 aromatic carbocycles. The molecule has 42 heavy (non-hydrogen) atoms. The van der Waals surface area contributed by atoms with Gasteiger partial charge in [-0.3, -0.25) is 13.9 Å². The van der Waals surface area contributed by atoms with Crippen LogP contribution >= 0.6 is 0 Å². The van der Waals surface area contributed by atoms with Gasteiger partial charge >= 0.3 is 0 Å². The van der Waals surface area contributed by atoms with Gasteiger partial charge in [-0.15, -0.1) is 0 Å². The number of sulfonamides is 1. The Kier molecular flexibility index (Phi) is 11.0. The zero-order valence-corrected chi connectivity index (χ0v) is 25.3. The first-order valence-corrected chi connectivity index (χ1v) is 16.2. The molecule has 224 valence electrons. The molecule has 1 aliphatic carbocycles. The second-order valence-electron chi connectivity index (χ2n) is 10.5. The molecule has 1 saturated carbocycles. The fourth-order valence-electron chi connectivity index (χ4n) is 5.42. The van der Waals surface area contributed by atoms with Gasteiger partial charge in [0, 0.05) is 12.6 Å². The largest absolute Gasteiger partial charge is 0.492 e. The second-order valence-corrected chi connectivity index (χ2v) is 12.4. The highest BCUT2D eigenvalue weighted by molar-refractivity contribution is 7.92. The van der Waals surface area contributed by atoms with E-state index in [2.05, 4.69) is 5.32 Å². The molecular weight excluding hydrogens is 550 g/mol. The molecule has 0 aromatic heterocycles. The third-order valence-electron chi connectivity index (χ3n) is 7.58. The normalized spacial score (nSPS) is 14.5. The van der Waals surface area contributed by atoms with Crippen molar-refractivity contribution in [3.05, 3.63) is 90.5 Å². The zero-order valence-electron chi connectivity index (χ0n) is 24.4. The first-order chi connectivity index (χ1) is 20.3. The van der Waals surface area contributed by atoms with Gasteiger partial charge in [0.05, 0.1) is 17.2 Å². The predicted octanol–water partition coefficient (Wildman–Crippen LogP) is 5.54. The minimum absolute atomic E-state index is 0.0563. The summed E-state index contributed by atoms with van der Waals surface area (Å²) in [6, 6.07) is 23.6. The molecule has 1 fully saturated rings. The van der Waals surface area contributed by atoms with Gasteiger partial charge in [0.1, 0.15) is 18.3 Å². The van der Waals surface area contributed by atoms with Gasteiger partial charge in [-0.1, -0.05) is 86.8 Å². The van der Waals surface area contributed by atoms with Crippen molar-refractivity contribution in [2.24, 2.45) is 0 Å². The molecule has 0 unspecified atom stereocenters. The lowest BCUT2D eigenvalue weighted by Crippen LogP contribution is -2.54. The molecule has 8 nitrogen and oxygen atoms in total. The van der Waals surface area contributed by atoms with Crippen LogP contribution in [0.4, 0.5) is 5.69 Å². The monoisotopic (exact) mass is 591 g/mol. The van der Waals surface area contributed by atoms with E-state index < -0.39 is 28.5 Å². The maximum absolute atomic E-state index is 14.3. The molecule has 0 radical (unpaired) electrons. The molecule has 0 spiro atoms. The van der Waals surface area contributed by atoms with Crippen molar-refractivity contribution in [2.45, 2.75) is 75.9 Å². The maximum Gasteiger partial charge on any atom is 0.264 e. The van der Waals surface area contributed by atoms with E-state index >= 15 is 0 Å². The van der Waals surface area contributed by atoms with Crippen LogP contribution in [0.25, 0.3) is 0 Å². The number of rotatable bonds is 13. The summed E-state index contributed by atoms with van der Waals surface area (Å²) in [6.07, 6.45) is 5.54. The second kappa shape index (κ2) is 14.9. The summed E-state index contributed by atoms with van der Waals surface area (Å²) in [5.41, 5.74) is 1.11.